The average molecular weight is 319 g/mol. The predicted molar refractivity (Wildman–Crippen MR) is 85.9 cm³/mol. The Bertz CT molecular complexity index is 666. The monoisotopic (exact) mass is 319 g/mol. The van der Waals surface area contributed by atoms with E-state index in [1.807, 2.05) is 13.0 Å². The second kappa shape index (κ2) is 6.66. The topological polar surface area (TPSA) is 51.4 Å². The van der Waals surface area contributed by atoms with Crippen LogP contribution in [-0.4, -0.2) is 36.9 Å². The van der Waals surface area contributed by atoms with Gasteiger partial charge in [-0.3, -0.25) is 0 Å². The molecule has 1 aliphatic carbocycles. The Morgan fingerprint density at radius 2 is 2.13 bits per heavy atom. The van der Waals surface area contributed by atoms with Crippen LogP contribution in [0.5, 0.6) is 0 Å². The summed E-state index contributed by atoms with van der Waals surface area (Å²) in [5, 5.41) is 3.97. The number of anilines is 1. The van der Waals surface area contributed by atoms with Crippen LogP contribution >= 0.6 is 0 Å². The van der Waals surface area contributed by atoms with Gasteiger partial charge in [-0.2, -0.15) is 4.98 Å². The number of halogens is 1. The molecule has 1 saturated carbocycles. The fourth-order valence-corrected chi connectivity index (χ4v) is 2.92. The summed E-state index contributed by atoms with van der Waals surface area (Å²) in [7, 11) is 3.61. The van der Waals surface area contributed by atoms with Crippen molar-refractivity contribution in [3.05, 3.63) is 29.9 Å². The fourth-order valence-electron chi connectivity index (χ4n) is 2.92. The molecule has 0 spiro atoms. The lowest BCUT2D eigenvalue weighted by atomic mass is 9.80. The minimum absolute atomic E-state index is 0.294. The zero-order valence-corrected chi connectivity index (χ0v) is 13.8. The van der Waals surface area contributed by atoms with E-state index in [4.69, 9.17) is 9.26 Å². The zero-order chi connectivity index (χ0) is 16.4. The number of ether oxygens (including phenoxy) is 1. The van der Waals surface area contributed by atoms with Crippen molar-refractivity contribution in [2.75, 3.05) is 25.6 Å². The lowest BCUT2D eigenvalue weighted by Crippen LogP contribution is -2.32. The van der Waals surface area contributed by atoms with Gasteiger partial charge >= 0.3 is 0 Å². The molecule has 1 heterocycles. The van der Waals surface area contributed by atoms with Gasteiger partial charge < -0.3 is 14.2 Å². The Balaban J connectivity index is 1.64. The first-order valence-corrected chi connectivity index (χ1v) is 7.98. The molecule has 124 valence electrons. The van der Waals surface area contributed by atoms with Crippen LogP contribution in [-0.2, 0) is 11.2 Å². The molecule has 0 bridgehead atoms. The Labute approximate surface area is 135 Å². The smallest absolute Gasteiger partial charge is 0.227 e. The number of hydrogen-bond donors (Lipinski definition) is 0. The lowest BCUT2D eigenvalue weighted by molar-refractivity contribution is -0.0258. The van der Waals surface area contributed by atoms with Crippen molar-refractivity contribution in [2.24, 2.45) is 5.92 Å². The van der Waals surface area contributed by atoms with Gasteiger partial charge in [-0.1, -0.05) is 5.16 Å². The van der Waals surface area contributed by atoms with Gasteiger partial charge in [0.2, 0.25) is 11.7 Å². The van der Waals surface area contributed by atoms with Gasteiger partial charge in [0.15, 0.2) is 0 Å². The SMILES string of the molecule is CCOC1CC(Cc2nc(-c3ccc(N(C)C)c(F)c3)no2)C1. The standard InChI is InChI=1S/C17H22FN3O2/c1-4-22-13-7-11(8-13)9-16-19-17(20-23-16)12-5-6-15(21(2)3)14(18)10-12/h5-6,10-11,13H,4,7-9H2,1-3H3. The van der Waals surface area contributed by atoms with E-state index in [9.17, 15) is 4.39 Å². The first-order valence-electron chi connectivity index (χ1n) is 7.98. The summed E-state index contributed by atoms with van der Waals surface area (Å²) in [6.45, 7) is 2.77. The van der Waals surface area contributed by atoms with E-state index < -0.39 is 0 Å². The highest BCUT2D eigenvalue weighted by molar-refractivity contribution is 5.60. The van der Waals surface area contributed by atoms with E-state index in [-0.39, 0.29) is 5.82 Å². The molecule has 0 saturated heterocycles. The van der Waals surface area contributed by atoms with E-state index >= 15 is 0 Å². The van der Waals surface area contributed by atoms with Crippen LogP contribution in [0.4, 0.5) is 10.1 Å². The first-order chi connectivity index (χ1) is 11.1. The van der Waals surface area contributed by atoms with Gasteiger partial charge in [0.05, 0.1) is 11.8 Å². The molecular weight excluding hydrogens is 297 g/mol. The Kier molecular flexibility index (Phi) is 4.61. The molecule has 0 radical (unpaired) electrons. The van der Waals surface area contributed by atoms with Gasteiger partial charge in [0, 0.05) is 32.7 Å². The van der Waals surface area contributed by atoms with Gasteiger partial charge in [-0.05, 0) is 43.9 Å². The Morgan fingerprint density at radius 3 is 2.78 bits per heavy atom. The van der Waals surface area contributed by atoms with E-state index in [0.717, 1.165) is 25.9 Å². The van der Waals surface area contributed by atoms with E-state index in [0.29, 0.717) is 35.0 Å². The van der Waals surface area contributed by atoms with Crippen LogP contribution in [0.15, 0.2) is 22.7 Å². The molecule has 1 fully saturated rings. The van der Waals surface area contributed by atoms with Crippen molar-refractivity contribution >= 4 is 5.69 Å². The minimum atomic E-state index is -0.294. The van der Waals surface area contributed by atoms with E-state index in [2.05, 4.69) is 10.1 Å². The molecule has 5 nitrogen and oxygen atoms in total. The van der Waals surface area contributed by atoms with Gasteiger partial charge in [0.1, 0.15) is 5.82 Å². The summed E-state index contributed by atoms with van der Waals surface area (Å²) < 4.78 is 24.9. The molecule has 2 aromatic rings. The van der Waals surface area contributed by atoms with Crippen LogP contribution in [0.25, 0.3) is 11.4 Å². The molecule has 0 amide bonds. The summed E-state index contributed by atoms with van der Waals surface area (Å²) >= 11 is 0. The maximum Gasteiger partial charge on any atom is 0.227 e. The van der Waals surface area contributed by atoms with Crippen molar-refractivity contribution < 1.29 is 13.7 Å². The molecule has 1 aromatic heterocycles. The molecule has 6 heteroatoms. The summed E-state index contributed by atoms with van der Waals surface area (Å²) in [6, 6.07) is 4.97. The number of hydrogen-bond acceptors (Lipinski definition) is 5. The van der Waals surface area contributed by atoms with Crippen molar-refractivity contribution in [3.8, 4) is 11.4 Å². The van der Waals surface area contributed by atoms with E-state index in [1.54, 1.807) is 25.1 Å². The molecule has 3 rings (SSSR count). The third kappa shape index (κ3) is 3.52. The molecule has 0 unspecified atom stereocenters. The van der Waals surface area contributed by atoms with Crippen molar-refractivity contribution in [1.29, 1.82) is 0 Å². The van der Waals surface area contributed by atoms with Crippen LogP contribution in [0, 0.1) is 11.7 Å². The fraction of sp³-hybridized carbons (Fsp3) is 0.529. The van der Waals surface area contributed by atoms with Crippen LogP contribution in [0.1, 0.15) is 25.7 Å². The van der Waals surface area contributed by atoms with Crippen molar-refractivity contribution in [3.63, 3.8) is 0 Å². The molecule has 23 heavy (non-hydrogen) atoms. The highest BCUT2D eigenvalue weighted by Gasteiger charge is 2.31. The number of aromatic nitrogens is 2. The van der Waals surface area contributed by atoms with Gasteiger partial charge in [-0.25, -0.2) is 4.39 Å². The van der Waals surface area contributed by atoms with Crippen LogP contribution < -0.4 is 4.90 Å². The van der Waals surface area contributed by atoms with Gasteiger partial charge in [0.25, 0.3) is 0 Å². The molecule has 1 aromatic carbocycles. The average Bonchev–Trinajstić information content (AvgIpc) is 2.93. The summed E-state index contributed by atoms with van der Waals surface area (Å²) in [6.07, 6.45) is 3.21. The zero-order valence-electron chi connectivity index (χ0n) is 13.8. The van der Waals surface area contributed by atoms with Crippen LogP contribution in [0.3, 0.4) is 0 Å². The minimum Gasteiger partial charge on any atom is -0.378 e. The van der Waals surface area contributed by atoms with Crippen LogP contribution in [0.2, 0.25) is 0 Å². The van der Waals surface area contributed by atoms with Crippen molar-refractivity contribution in [2.45, 2.75) is 32.3 Å². The lowest BCUT2D eigenvalue weighted by Gasteiger charge is -2.33. The third-order valence-corrected chi connectivity index (χ3v) is 4.21. The number of nitrogens with zero attached hydrogens (tertiary/aromatic N) is 3. The molecule has 0 aliphatic heterocycles. The summed E-state index contributed by atoms with van der Waals surface area (Å²) in [5.74, 6) is 1.28. The predicted octanol–water partition coefficient (Wildman–Crippen LogP) is 3.30. The molecule has 0 N–H and O–H groups in total. The van der Waals surface area contributed by atoms with Crippen molar-refractivity contribution in [1.82, 2.24) is 10.1 Å². The molecule has 0 atom stereocenters. The first kappa shape index (κ1) is 15.9. The second-order valence-electron chi connectivity index (χ2n) is 6.19. The number of rotatable bonds is 6. The Hall–Kier alpha value is -1.95. The Morgan fingerprint density at radius 1 is 1.35 bits per heavy atom. The normalized spacial score (nSPS) is 20.3. The largest absolute Gasteiger partial charge is 0.378 e. The molecular formula is C17H22FN3O2. The second-order valence-corrected chi connectivity index (χ2v) is 6.19. The molecule has 1 aliphatic rings. The van der Waals surface area contributed by atoms with Gasteiger partial charge in [-0.15, -0.1) is 0 Å². The maximum atomic E-state index is 14.0. The maximum absolute atomic E-state index is 14.0. The highest BCUT2D eigenvalue weighted by atomic mass is 19.1. The third-order valence-electron chi connectivity index (χ3n) is 4.21. The highest BCUT2D eigenvalue weighted by Crippen LogP contribution is 2.33. The summed E-state index contributed by atoms with van der Waals surface area (Å²) in [5.41, 5.74) is 1.16. The summed E-state index contributed by atoms with van der Waals surface area (Å²) in [4.78, 5) is 6.12. The quantitative estimate of drug-likeness (QED) is 0.817. The van der Waals surface area contributed by atoms with E-state index in [1.165, 1.54) is 6.07 Å². The number of benzene rings is 1.